The topological polar surface area (TPSA) is 67.7 Å². The fraction of sp³-hybridized carbons (Fsp3) is 0.220. The van der Waals surface area contributed by atoms with Gasteiger partial charge in [0.2, 0.25) is 11.8 Å². The fourth-order valence-electron chi connectivity index (χ4n) is 6.33. The van der Waals surface area contributed by atoms with Crippen molar-refractivity contribution in [2.75, 3.05) is 13.1 Å². The van der Waals surface area contributed by atoms with Crippen LogP contribution < -0.4 is 9.47 Å². The van der Waals surface area contributed by atoms with E-state index in [2.05, 4.69) is 9.88 Å². The Hall–Kier alpha value is -4.96. The quantitative estimate of drug-likeness (QED) is 0.143. The van der Waals surface area contributed by atoms with Crippen molar-refractivity contribution >= 4 is 22.5 Å². The van der Waals surface area contributed by atoms with Gasteiger partial charge in [-0.2, -0.15) is 18.2 Å². The highest BCUT2D eigenvalue weighted by Crippen LogP contribution is 2.39. The molecule has 2 aromatic heterocycles. The van der Waals surface area contributed by atoms with Crippen molar-refractivity contribution in [3.05, 3.63) is 154 Å². The molecule has 0 unspecified atom stereocenters. The number of aliphatic hydroxyl groups is 1. The number of aromatic nitrogens is 2. The smallest absolute Gasteiger partial charge is 0.416 e. The molecule has 10 heteroatoms. The van der Waals surface area contributed by atoms with E-state index < -0.39 is 17.3 Å². The van der Waals surface area contributed by atoms with Crippen LogP contribution in [-0.2, 0) is 31.5 Å². The van der Waals surface area contributed by atoms with Gasteiger partial charge in [-0.25, -0.2) is 4.98 Å². The first-order chi connectivity index (χ1) is 24.6. The van der Waals surface area contributed by atoms with Crippen molar-refractivity contribution in [1.82, 2.24) is 14.9 Å². The predicted octanol–water partition coefficient (Wildman–Crippen LogP) is 9.61. The summed E-state index contributed by atoms with van der Waals surface area (Å²) in [7, 11) is 0. The zero-order chi connectivity index (χ0) is 35.4. The fourth-order valence-corrected chi connectivity index (χ4v) is 6.58. The molecule has 0 spiro atoms. The molecule has 51 heavy (non-hydrogen) atoms. The van der Waals surface area contributed by atoms with Crippen LogP contribution in [0.4, 0.5) is 13.2 Å². The van der Waals surface area contributed by atoms with Crippen LogP contribution in [0.3, 0.4) is 0 Å². The number of hydrogen-bond donors (Lipinski definition) is 1. The Morgan fingerprint density at radius 1 is 0.706 bits per heavy atom. The molecule has 1 N–H and O–H groups in total. The predicted molar refractivity (Wildman–Crippen MR) is 191 cm³/mol. The summed E-state index contributed by atoms with van der Waals surface area (Å²) in [6, 6.07) is 36.2. The minimum Gasteiger partial charge on any atom is -0.473 e. The SMILES string of the molecule is OC1(c2ccc3nc(Cl)c(-c4ccc(OCc5ccccc5)nc4OCc4ccccc4)cc3c2)CCN(Cc2ccc(C(F)(F)F)cc2)CC1. The average molecular weight is 710 g/mol. The highest BCUT2D eigenvalue weighted by Gasteiger charge is 2.35. The molecule has 1 fully saturated rings. The number of benzene rings is 4. The molecule has 6 nitrogen and oxygen atoms in total. The molecule has 6 aromatic rings. The molecule has 0 amide bonds. The lowest BCUT2D eigenvalue weighted by molar-refractivity contribution is -0.137. The molecule has 1 aliphatic rings. The number of ether oxygens (including phenoxy) is 2. The van der Waals surface area contributed by atoms with Crippen molar-refractivity contribution in [2.45, 2.75) is 44.4 Å². The van der Waals surface area contributed by atoms with Gasteiger partial charge in [-0.1, -0.05) is 90.5 Å². The summed E-state index contributed by atoms with van der Waals surface area (Å²) in [5, 5.41) is 12.9. The molecule has 0 saturated carbocycles. The second-order valence-electron chi connectivity index (χ2n) is 12.8. The van der Waals surface area contributed by atoms with E-state index in [1.54, 1.807) is 6.07 Å². The minimum atomic E-state index is -4.36. The molecule has 1 aliphatic heterocycles. The standard InChI is InChI=1S/C41H35ClF3N3O3/c42-38-35(34-16-18-37(50-26-29-7-3-1-4-8-29)47-39(34)51-27-30-9-5-2-6-10-30)24-31-23-33(15-17-36(31)46-38)40(49)19-21-48(22-20-40)25-28-11-13-32(14-12-28)41(43,44)45/h1-18,23-24,49H,19-22,25-27H2. The number of pyridine rings is 2. The summed E-state index contributed by atoms with van der Waals surface area (Å²) >= 11 is 6.80. The van der Waals surface area contributed by atoms with Crippen LogP contribution in [0.2, 0.25) is 5.15 Å². The zero-order valence-electron chi connectivity index (χ0n) is 27.6. The molecule has 7 rings (SSSR count). The summed E-state index contributed by atoms with van der Waals surface area (Å²) in [4.78, 5) is 11.6. The number of fused-ring (bicyclic) bond motifs is 1. The maximum absolute atomic E-state index is 13.0. The van der Waals surface area contributed by atoms with Crippen LogP contribution in [0, 0.1) is 0 Å². The van der Waals surface area contributed by atoms with Gasteiger partial charge in [-0.15, -0.1) is 0 Å². The average Bonchev–Trinajstić information content (AvgIpc) is 3.14. The highest BCUT2D eigenvalue weighted by molar-refractivity contribution is 6.32. The lowest BCUT2D eigenvalue weighted by Crippen LogP contribution is -2.42. The lowest BCUT2D eigenvalue weighted by atomic mass is 9.83. The Balaban J connectivity index is 1.12. The monoisotopic (exact) mass is 709 g/mol. The minimum absolute atomic E-state index is 0.286. The number of piperidine rings is 1. The third-order valence-corrected chi connectivity index (χ3v) is 9.54. The van der Waals surface area contributed by atoms with E-state index in [0.29, 0.717) is 67.5 Å². The second-order valence-corrected chi connectivity index (χ2v) is 13.1. The Labute approximate surface area is 299 Å². The molecule has 260 valence electrons. The van der Waals surface area contributed by atoms with E-state index in [4.69, 9.17) is 26.1 Å². The molecule has 0 radical (unpaired) electrons. The van der Waals surface area contributed by atoms with Gasteiger partial charge in [0.15, 0.2) is 0 Å². The number of rotatable bonds is 10. The first-order valence-electron chi connectivity index (χ1n) is 16.7. The van der Waals surface area contributed by atoms with E-state index in [1.165, 1.54) is 12.1 Å². The molecule has 0 aliphatic carbocycles. The van der Waals surface area contributed by atoms with Crippen molar-refractivity contribution in [3.8, 4) is 22.9 Å². The molecular formula is C41H35ClF3N3O3. The summed E-state index contributed by atoms with van der Waals surface area (Å²) in [5.41, 5.74) is 3.78. The maximum atomic E-state index is 13.0. The molecule has 3 heterocycles. The summed E-state index contributed by atoms with van der Waals surface area (Å²) in [5.74, 6) is 0.757. The zero-order valence-corrected chi connectivity index (χ0v) is 28.4. The first kappa shape index (κ1) is 34.5. The number of alkyl halides is 3. The largest absolute Gasteiger partial charge is 0.473 e. The highest BCUT2D eigenvalue weighted by atomic mass is 35.5. The Morgan fingerprint density at radius 2 is 1.35 bits per heavy atom. The summed E-state index contributed by atoms with van der Waals surface area (Å²) < 4.78 is 51.2. The van der Waals surface area contributed by atoms with Crippen LogP contribution in [0.15, 0.2) is 121 Å². The van der Waals surface area contributed by atoms with Crippen LogP contribution in [0.25, 0.3) is 22.0 Å². The molecule has 4 aromatic carbocycles. The maximum Gasteiger partial charge on any atom is 0.416 e. The van der Waals surface area contributed by atoms with Gasteiger partial charge >= 0.3 is 6.18 Å². The van der Waals surface area contributed by atoms with Gasteiger partial charge in [-0.05, 0) is 71.5 Å². The number of halogens is 4. The van der Waals surface area contributed by atoms with Gasteiger partial charge in [0.1, 0.15) is 18.4 Å². The Morgan fingerprint density at radius 3 is 2.00 bits per heavy atom. The third-order valence-electron chi connectivity index (χ3n) is 9.25. The van der Waals surface area contributed by atoms with E-state index in [9.17, 15) is 18.3 Å². The van der Waals surface area contributed by atoms with E-state index in [-0.39, 0.29) is 11.8 Å². The van der Waals surface area contributed by atoms with Crippen molar-refractivity contribution in [3.63, 3.8) is 0 Å². The van der Waals surface area contributed by atoms with Crippen molar-refractivity contribution in [2.24, 2.45) is 0 Å². The summed E-state index contributed by atoms with van der Waals surface area (Å²) in [6.45, 7) is 2.32. The van der Waals surface area contributed by atoms with Crippen molar-refractivity contribution in [1.29, 1.82) is 0 Å². The van der Waals surface area contributed by atoms with Crippen LogP contribution in [0.1, 0.15) is 40.7 Å². The molecule has 0 bridgehead atoms. The van der Waals surface area contributed by atoms with Crippen molar-refractivity contribution < 1.29 is 27.8 Å². The van der Waals surface area contributed by atoms with E-state index in [0.717, 1.165) is 39.8 Å². The molecule has 1 saturated heterocycles. The molecular weight excluding hydrogens is 675 g/mol. The Kier molecular flexibility index (Phi) is 9.95. The van der Waals surface area contributed by atoms with Crippen LogP contribution >= 0.6 is 11.6 Å². The van der Waals surface area contributed by atoms with Gasteiger partial charge < -0.3 is 14.6 Å². The number of hydrogen-bond acceptors (Lipinski definition) is 6. The van der Waals surface area contributed by atoms with Crippen LogP contribution in [0.5, 0.6) is 11.8 Å². The first-order valence-corrected chi connectivity index (χ1v) is 17.1. The third kappa shape index (κ3) is 8.17. The second kappa shape index (κ2) is 14.7. The normalized spacial score (nSPS) is 14.8. The van der Waals surface area contributed by atoms with Crippen LogP contribution in [-0.4, -0.2) is 33.1 Å². The lowest BCUT2D eigenvalue weighted by Gasteiger charge is -2.38. The van der Waals surface area contributed by atoms with E-state index in [1.807, 2.05) is 91.0 Å². The number of likely N-dealkylation sites (tertiary alicyclic amines) is 1. The van der Waals surface area contributed by atoms with Gasteiger partial charge in [0.25, 0.3) is 0 Å². The van der Waals surface area contributed by atoms with Gasteiger partial charge in [-0.3, -0.25) is 4.90 Å². The molecule has 0 atom stereocenters. The summed E-state index contributed by atoms with van der Waals surface area (Å²) in [6.07, 6.45) is -3.42. The van der Waals surface area contributed by atoms with E-state index >= 15 is 0 Å². The number of nitrogens with zero attached hydrogens (tertiary/aromatic N) is 3. The Bertz CT molecular complexity index is 2110. The van der Waals surface area contributed by atoms with Gasteiger partial charge in [0.05, 0.1) is 16.7 Å². The van der Waals surface area contributed by atoms with Gasteiger partial charge in [0, 0.05) is 42.2 Å².